The first-order chi connectivity index (χ1) is 18.3. The van der Waals surface area contributed by atoms with Crippen molar-refractivity contribution >= 4 is 11.6 Å². The molecule has 204 valence electrons. The lowest BCUT2D eigenvalue weighted by Gasteiger charge is -2.47. The van der Waals surface area contributed by atoms with E-state index in [1.165, 1.54) is 0 Å². The van der Waals surface area contributed by atoms with Gasteiger partial charge in [-0.25, -0.2) is 8.78 Å². The fourth-order valence-electron chi connectivity index (χ4n) is 6.46. The lowest BCUT2D eigenvalue weighted by atomic mass is 9.86. The lowest BCUT2D eigenvalue weighted by molar-refractivity contribution is -0.149. The minimum Gasteiger partial charge on any atom is -0.369 e. The fourth-order valence-corrected chi connectivity index (χ4v) is 6.46. The minimum atomic E-state index is -2.52. The van der Waals surface area contributed by atoms with Crippen LogP contribution in [0.1, 0.15) is 71.8 Å². The van der Waals surface area contributed by atoms with Gasteiger partial charge in [-0.05, 0) is 88.1 Å². The van der Waals surface area contributed by atoms with Crippen LogP contribution in [-0.2, 0) is 19.4 Å². The lowest BCUT2D eigenvalue weighted by Crippen LogP contribution is -2.61. The van der Waals surface area contributed by atoms with Crippen LogP contribution in [0.3, 0.4) is 0 Å². The minimum absolute atomic E-state index is 0.108. The summed E-state index contributed by atoms with van der Waals surface area (Å²) in [6.45, 7) is 4.79. The SMILES string of the molecule is CCN(c1cccc2c1CC=CCCc1cc(C)[nH]c(=O)c1CNC2=O)C1CCC(N2CC(F)(F)C2)CC1. The Morgan fingerprint density at radius 3 is 2.55 bits per heavy atom. The third kappa shape index (κ3) is 5.55. The molecule has 0 spiro atoms. The van der Waals surface area contributed by atoms with Crippen molar-refractivity contribution in [3.05, 3.63) is 74.7 Å². The number of rotatable bonds is 4. The van der Waals surface area contributed by atoms with E-state index in [1.807, 2.05) is 30.0 Å². The van der Waals surface area contributed by atoms with Crippen LogP contribution in [0.2, 0.25) is 0 Å². The molecule has 1 amide bonds. The van der Waals surface area contributed by atoms with Crippen molar-refractivity contribution in [2.24, 2.45) is 0 Å². The number of halogens is 2. The Hall–Kier alpha value is -3.00. The van der Waals surface area contributed by atoms with E-state index in [2.05, 4.69) is 40.3 Å². The molecule has 2 aromatic rings. The Balaban J connectivity index is 1.37. The highest BCUT2D eigenvalue weighted by Crippen LogP contribution is 2.37. The van der Waals surface area contributed by atoms with Gasteiger partial charge in [0.15, 0.2) is 0 Å². The fraction of sp³-hybridized carbons (Fsp3) is 0.533. The number of carbonyl (C=O) groups excluding carboxylic acids is 1. The molecule has 0 unspecified atom stereocenters. The molecule has 2 fully saturated rings. The van der Waals surface area contributed by atoms with Gasteiger partial charge >= 0.3 is 0 Å². The van der Waals surface area contributed by atoms with Gasteiger partial charge in [-0.1, -0.05) is 18.2 Å². The zero-order valence-electron chi connectivity index (χ0n) is 22.4. The van der Waals surface area contributed by atoms with Gasteiger partial charge in [-0.15, -0.1) is 0 Å². The topological polar surface area (TPSA) is 68.4 Å². The van der Waals surface area contributed by atoms with E-state index in [9.17, 15) is 18.4 Å². The summed E-state index contributed by atoms with van der Waals surface area (Å²) >= 11 is 0. The van der Waals surface area contributed by atoms with Crippen LogP contribution in [0.25, 0.3) is 0 Å². The summed E-state index contributed by atoms with van der Waals surface area (Å²) < 4.78 is 26.8. The highest BCUT2D eigenvalue weighted by molar-refractivity contribution is 5.97. The maximum absolute atomic E-state index is 13.4. The zero-order chi connectivity index (χ0) is 26.9. The van der Waals surface area contributed by atoms with Crippen molar-refractivity contribution in [2.75, 3.05) is 24.5 Å². The molecule has 2 aliphatic heterocycles. The summed E-state index contributed by atoms with van der Waals surface area (Å²) in [7, 11) is 0. The summed E-state index contributed by atoms with van der Waals surface area (Å²) in [6, 6.07) is 8.44. The molecule has 6 nitrogen and oxygen atoms in total. The zero-order valence-corrected chi connectivity index (χ0v) is 22.4. The number of benzene rings is 1. The third-order valence-corrected chi connectivity index (χ3v) is 8.40. The normalized spacial score (nSPS) is 23.7. The van der Waals surface area contributed by atoms with Gasteiger partial charge < -0.3 is 15.2 Å². The Bertz CT molecular complexity index is 1260. The Morgan fingerprint density at radius 1 is 1.08 bits per heavy atom. The van der Waals surface area contributed by atoms with E-state index in [0.29, 0.717) is 23.6 Å². The maximum Gasteiger partial charge on any atom is 0.272 e. The van der Waals surface area contributed by atoms with Crippen molar-refractivity contribution in [1.29, 1.82) is 0 Å². The number of aromatic amines is 1. The summed E-state index contributed by atoms with van der Waals surface area (Å²) in [4.78, 5) is 33.3. The predicted octanol–water partition coefficient (Wildman–Crippen LogP) is 4.75. The summed E-state index contributed by atoms with van der Waals surface area (Å²) in [6.07, 6.45) is 10.2. The van der Waals surface area contributed by atoms with Gasteiger partial charge in [0.2, 0.25) is 0 Å². The number of alkyl halides is 2. The average Bonchev–Trinajstić information content (AvgIpc) is 2.87. The first kappa shape index (κ1) is 26.6. The van der Waals surface area contributed by atoms with Crippen molar-refractivity contribution < 1.29 is 13.6 Å². The van der Waals surface area contributed by atoms with Gasteiger partial charge in [0, 0.05) is 47.7 Å². The number of likely N-dealkylation sites (tertiary alicyclic amines) is 1. The van der Waals surface area contributed by atoms with E-state index in [-0.39, 0.29) is 37.1 Å². The van der Waals surface area contributed by atoms with Crippen LogP contribution in [0.15, 0.2) is 41.2 Å². The first-order valence-corrected chi connectivity index (χ1v) is 13.9. The number of H-pyrrole nitrogens is 1. The molecule has 8 heteroatoms. The molecule has 0 radical (unpaired) electrons. The average molecular weight is 525 g/mol. The molecule has 5 rings (SSSR count). The standard InChI is InChI=1S/C30H38F2N4O2/c1-3-36(23-14-12-22(13-15-23)35-18-30(31,32)19-35)27-11-7-10-25-24(27)9-6-4-5-8-21-16-20(2)34-29(38)26(21)17-33-28(25)37/h4,6-7,10-11,16,22-23H,3,5,8-9,12-15,17-19H2,1-2H3,(H,33,37)(H,34,38). The van der Waals surface area contributed by atoms with E-state index in [4.69, 9.17) is 0 Å². The Labute approximate surface area is 223 Å². The van der Waals surface area contributed by atoms with Gasteiger partial charge in [0.25, 0.3) is 17.4 Å². The quantitative estimate of drug-likeness (QED) is 0.567. The van der Waals surface area contributed by atoms with Crippen molar-refractivity contribution in [3.63, 3.8) is 0 Å². The highest BCUT2D eigenvalue weighted by Gasteiger charge is 2.47. The summed E-state index contributed by atoms with van der Waals surface area (Å²) in [5, 5.41) is 3.01. The van der Waals surface area contributed by atoms with Gasteiger partial charge in [0.05, 0.1) is 13.1 Å². The number of aryl methyl sites for hydroxylation is 2. The molecule has 3 heterocycles. The monoisotopic (exact) mass is 524 g/mol. The number of allylic oxidation sites excluding steroid dienone is 2. The molecular formula is C30H38F2N4O2. The summed E-state index contributed by atoms with van der Waals surface area (Å²) in [5.74, 6) is -2.70. The smallest absolute Gasteiger partial charge is 0.272 e. The number of pyridine rings is 1. The van der Waals surface area contributed by atoms with Crippen molar-refractivity contribution in [1.82, 2.24) is 15.2 Å². The number of amides is 1. The van der Waals surface area contributed by atoms with E-state index >= 15 is 0 Å². The Kier molecular flexibility index (Phi) is 7.70. The van der Waals surface area contributed by atoms with Crippen LogP contribution in [-0.4, -0.2) is 53.4 Å². The van der Waals surface area contributed by atoms with Crippen LogP contribution < -0.4 is 15.8 Å². The van der Waals surface area contributed by atoms with Crippen LogP contribution >= 0.6 is 0 Å². The number of carbonyl (C=O) groups is 1. The van der Waals surface area contributed by atoms with Gasteiger partial charge in [0.1, 0.15) is 0 Å². The molecule has 1 aliphatic carbocycles. The third-order valence-electron chi connectivity index (χ3n) is 8.40. The number of hydrogen-bond acceptors (Lipinski definition) is 4. The molecule has 1 saturated heterocycles. The molecule has 1 aromatic heterocycles. The number of hydrogen-bond donors (Lipinski definition) is 2. The number of nitrogens with one attached hydrogen (secondary N) is 2. The number of fused-ring (bicyclic) bond motifs is 2. The first-order valence-electron chi connectivity index (χ1n) is 13.9. The molecule has 0 atom stereocenters. The van der Waals surface area contributed by atoms with Crippen molar-refractivity contribution in [3.8, 4) is 0 Å². The summed E-state index contributed by atoms with van der Waals surface area (Å²) in [5.41, 5.74) is 4.95. The van der Waals surface area contributed by atoms with Crippen LogP contribution in [0.5, 0.6) is 0 Å². The van der Waals surface area contributed by atoms with Crippen LogP contribution in [0.4, 0.5) is 14.5 Å². The predicted molar refractivity (Wildman–Crippen MR) is 146 cm³/mol. The molecule has 1 aromatic carbocycles. The second-order valence-corrected chi connectivity index (χ2v) is 11.0. The maximum atomic E-state index is 13.4. The van der Waals surface area contributed by atoms with Gasteiger partial charge in [-0.3, -0.25) is 14.5 Å². The van der Waals surface area contributed by atoms with E-state index in [1.54, 1.807) is 0 Å². The van der Waals surface area contributed by atoms with E-state index in [0.717, 1.165) is 67.6 Å². The van der Waals surface area contributed by atoms with E-state index < -0.39 is 5.92 Å². The molecule has 3 aliphatic rings. The van der Waals surface area contributed by atoms with Crippen LogP contribution in [0, 0.1) is 6.92 Å². The second kappa shape index (κ2) is 11.0. The number of anilines is 1. The Morgan fingerprint density at radius 2 is 1.84 bits per heavy atom. The molecule has 1 saturated carbocycles. The number of nitrogens with zero attached hydrogens (tertiary/aromatic N) is 2. The molecule has 38 heavy (non-hydrogen) atoms. The van der Waals surface area contributed by atoms with Crippen molar-refractivity contribution in [2.45, 2.75) is 83.3 Å². The second-order valence-electron chi connectivity index (χ2n) is 11.0. The number of aromatic nitrogens is 1. The largest absolute Gasteiger partial charge is 0.369 e. The molecular weight excluding hydrogens is 486 g/mol. The molecule has 0 bridgehead atoms. The highest BCUT2D eigenvalue weighted by atomic mass is 19.3. The molecule has 2 N–H and O–H groups in total. The van der Waals surface area contributed by atoms with Gasteiger partial charge in [-0.2, -0.15) is 0 Å².